The summed E-state index contributed by atoms with van der Waals surface area (Å²) in [5, 5.41) is 6.21. The number of rotatable bonds is 5. The maximum atomic E-state index is 12.2. The van der Waals surface area contributed by atoms with Crippen LogP contribution in [0.25, 0.3) is 0 Å². The Morgan fingerprint density at radius 1 is 1.40 bits per heavy atom. The van der Waals surface area contributed by atoms with Crippen LogP contribution < -0.4 is 10.6 Å². The second-order valence-electron chi connectivity index (χ2n) is 5.50. The summed E-state index contributed by atoms with van der Waals surface area (Å²) in [5.41, 5.74) is 0.605. The van der Waals surface area contributed by atoms with E-state index in [1.54, 1.807) is 6.20 Å². The zero-order valence-corrected chi connectivity index (χ0v) is 11.8. The quantitative estimate of drug-likeness (QED) is 0.860. The van der Waals surface area contributed by atoms with Gasteiger partial charge in [0.15, 0.2) is 0 Å². The first-order valence-corrected chi connectivity index (χ1v) is 7.40. The Bertz CT molecular complexity index is 471. The molecular formula is C15H21N3O2. The lowest BCUT2D eigenvalue weighted by Gasteiger charge is -2.19. The molecule has 0 bridgehead atoms. The first kappa shape index (κ1) is 13.4. The normalized spacial score (nSPS) is 25.4. The van der Waals surface area contributed by atoms with Crippen molar-refractivity contribution in [3.05, 3.63) is 23.9 Å². The molecule has 1 aliphatic heterocycles. The van der Waals surface area contributed by atoms with E-state index >= 15 is 0 Å². The molecule has 2 unspecified atom stereocenters. The molecule has 0 radical (unpaired) electrons. The molecule has 2 atom stereocenters. The Labute approximate surface area is 119 Å². The minimum Gasteiger partial charge on any atom is -0.376 e. The summed E-state index contributed by atoms with van der Waals surface area (Å²) in [6.45, 7) is 3.59. The SMILES string of the molecule is CCNc1ccc(C(=O)NC2CCOC2C2CC2)cn1. The molecule has 0 aromatic carbocycles. The summed E-state index contributed by atoms with van der Waals surface area (Å²) in [7, 11) is 0. The number of pyridine rings is 1. The first-order chi connectivity index (χ1) is 9.78. The van der Waals surface area contributed by atoms with Gasteiger partial charge in [-0.15, -0.1) is 0 Å². The van der Waals surface area contributed by atoms with Gasteiger partial charge in [0.2, 0.25) is 0 Å². The maximum Gasteiger partial charge on any atom is 0.253 e. The van der Waals surface area contributed by atoms with Gasteiger partial charge < -0.3 is 15.4 Å². The van der Waals surface area contributed by atoms with Gasteiger partial charge >= 0.3 is 0 Å². The minimum absolute atomic E-state index is 0.0540. The van der Waals surface area contributed by atoms with E-state index in [1.165, 1.54) is 12.8 Å². The number of carbonyl (C=O) groups is 1. The second-order valence-corrected chi connectivity index (χ2v) is 5.50. The van der Waals surface area contributed by atoms with Gasteiger partial charge in [-0.3, -0.25) is 4.79 Å². The Morgan fingerprint density at radius 2 is 2.25 bits per heavy atom. The Kier molecular flexibility index (Phi) is 3.87. The van der Waals surface area contributed by atoms with Crippen molar-refractivity contribution in [1.82, 2.24) is 10.3 Å². The molecule has 1 saturated heterocycles. The first-order valence-electron chi connectivity index (χ1n) is 7.40. The molecular weight excluding hydrogens is 254 g/mol. The summed E-state index contributed by atoms with van der Waals surface area (Å²) in [6.07, 6.45) is 5.21. The lowest BCUT2D eigenvalue weighted by Crippen LogP contribution is -2.41. The van der Waals surface area contributed by atoms with Crippen molar-refractivity contribution in [2.75, 3.05) is 18.5 Å². The molecule has 2 fully saturated rings. The molecule has 1 amide bonds. The maximum absolute atomic E-state index is 12.2. The predicted molar refractivity (Wildman–Crippen MR) is 76.7 cm³/mol. The molecule has 5 nitrogen and oxygen atoms in total. The van der Waals surface area contributed by atoms with Crippen LogP contribution >= 0.6 is 0 Å². The average Bonchev–Trinajstić information content (AvgIpc) is 3.20. The number of aromatic nitrogens is 1. The highest BCUT2D eigenvalue weighted by Gasteiger charge is 2.41. The Morgan fingerprint density at radius 3 is 2.90 bits per heavy atom. The number of amides is 1. The van der Waals surface area contributed by atoms with Crippen LogP contribution in [0, 0.1) is 5.92 Å². The molecule has 2 N–H and O–H groups in total. The molecule has 3 rings (SSSR count). The van der Waals surface area contributed by atoms with Crippen molar-refractivity contribution in [1.29, 1.82) is 0 Å². The number of hydrogen-bond acceptors (Lipinski definition) is 4. The van der Waals surface area contributed by atoms with Crippen LogP contribution in [0.1, 0.15) is 36.5 Å². The van der Waals surface area contributed by atoms with E-state index in [4.69, 9.17) is 4.74 Å². The van der Waals surface area contributed by atoms with Crippen LogP contribution in [-0.4, -0.2) is 36.2 Å². The van der Waals surface area contributed by atoms with Crippen LogP contribution in [0.4, 0.5) is 5.82 Å². The van der Waals surface area contributed by atoms with Gasteiger partial charge in [-0.25, -0.2) is 4.98 Å². The summed E-state index contributed by atoms with van der Waals surface area (Å²) in [6, 6.07) is 3.80. The summed E-state index contributed by atoms with van der Waals surface area (Å²) in [4.78, 5) is 16.5. The number of ether oxygens (including phenoxy) is 1. The van der Waals surface area contributed by atoms with E-state index < -0.39 is 0 Å². The van der Waals surface area contributed by atoms with Crippen molar-refractivity contribution < 1.29 is 9.53 Å². The van der Waals surface area contributed by atoms with Crippen LogP contribution in [0.3, 0.4) is 0 Å². The Hall–Kier alpha value is -1.62. The van der Waals surface area contributed by atoms with E-state index in [0.29, 0.717) is 11.5 Å². The van der Waals surface area contributed by atoms with Gasteiger partial charge in [0.1, 0.15) is 5.82 Å². The van der Waals surface area contributed by atoms with Gasteiger partial charge in [-0.1, -0.05) is 0 Å². The predicted octanol–water partition coefficient (Wildman–Crippen LogP) is 1.81. The van der Waals surface area contributed by atoms with Crippen molar-refractivity contribution in [3.8, 4) is 0 Å². The smallest absolute Gasteiger partial charge is 0.253 e. The zero-order chi connectivity index (χ0) is 13.9. The third-order valence-corrected chi connectivity index (χ3v) is 3.92. The van der Waals surface area contributed by atoms with Crippen molar-refractivity contribution in [3.63, 3.8) is 0 Å². The fourth-order valence-corrected chi connectivity index (χ4v) is 2.72. The van der Waals surface area contributed by atoms with Crippen LogP contribution in [-0.2, 0) is 4.74 Å². The summed E-state index contributed by atoms with van der Waals surface area (Å²) < 4.78 is 5.74. The van der Waals surface area contributed by atoms with Crippen LogP contribution in [0.2, 0.25) is 0 Å². The average molecular weight is 275 g/mol. The molecule has 2 aliphatic rings. The molecule has 2 heterocycles. The third-order valence-electron chi connectivity index (χ3n) is 3.92. The standard InChI is InChI=1S/C15H21N3O2/c1-2-16-13-6-5-11(9-17-13)15(19)18-12-7-8-20-14(12)10-3-4-10/h5-6,9-10,12,14H,2-4,7-8H2,1H3,(H,16,17)(H,18,19). The molecule has 108 valence electrons. The summed E-state index contributed by atoms with van der Waals surface area (Å²) >= 11 is 0. The summed E-state index contributed by atoms with van der Waals surface area (Å²) in [5.74, 6) is 1.39. The zero-order valence-electron chi connectivity index (χ0n) is 11.8. The van der Waals surface area contributed by atoms with Gasteiger partial charge in [0, 0.05) is 19.3 Å². The fourth-order valence-electron chi connectivity index (χ4n) is 2.72. The van der Waals surface area contributed by atoms with E-state index in [2.05, 4.69) is 15.6 Å². The molecule has 20 heavy (non-hydrogen) atoms. The molecule has 1 aliphatic carbocycles. The van der Waals surface area contributed by atoms with Crippen molar-refractivity contribution in [2.45, 2.75) is 38.3 Å². The number of hydrogen-bond donors (Lipinski definition) is 2. The number of nitrogens with one attached hydrogen (secondary N) is 2. The van der Waals surface area contributed by atoms with Crippen LogP contribution in [0.5, 0.6) is 0 Å². The third kappa shape index (κ3) is 2.93. The van der Waals surface area contributed by atoms with Crippen LogP contribution in [0.15, 0.2) is 18.3 Å². The highest BCUT2D eigenvalue weighted by atomic mass is 16.5. The molecule has 1 saturated carbocycles. The number of anilines is 1. The largest absolute Gasteiger partial charge is 0.376 e. The lowest BCUT2D eigenvalue weighted by molar-refractivity contribution is 0.0729. The number of nitrogens with zero attached hydrogens (tertiary/aromatic N) is 1. The highest BCUT2D eigenvalue weighted by molar-refractivity contribution is 5.94. The van der Waals surface area contributed by atoms with Gasteiger partial charge in [-0.05, 0) is 44.2 Å². The van der Waals surface area contributed by atoms with Gasteiger partial charge in [0.05, 0.1) is 17.7 Å². The topological polar surface area (TPSA) is 63.2 Å². The second kappa shape index (κ2) is 5.79. The molecule has 0 spiro atoms. The Balaban J connectivity index is 1.60. The van der Waals surface area contributed by atoms with Crippen molar-refractivity contribution >= 4 is 11.7 Å². The highest BCUT2D eigenvalue weighted by Crippen LogP contribution is 2.38. The van der Waals surface area contributed by atoms with Gasteiger partial charge in [-0.2, -0.15) is 0 Å². The van der Waals surface area contributed by atoms with E-state index in [-0.39, 0.29) is 18.1 Å². The molecule has 1 aromatic heterocycles. The fraction of sp³-hybridized carbons (Fsp3) is 0.600. The minimum atomic E-state index is -0.0540. The molecule has 1 aromatic rings. The van der Waals surface area contributed by atoms with E-state index in [0.717, 1.165) is 25.4 Å². The van der Waals surface area contributed by atoms with Crippen molar-refractivity contribution in [2.24, 2.45) is 5.92 Å². The van der Waals surface area contributed by atoms with E-state index in [9.17, 15) is 4.79 Å². The number of carbonyl (C=O) groups excluding carboxylic acids is 1. The molecule has 5 heteroatoms. The van der Waals surface area contributed by atoms with Gasteiger partial charge in [0.25, 0.3) is 5.91 Å². The lowest BCUT2D eigenvalue weighted by atomic mass is 10.1. The monoisotopic (exact) mass is 275 g/mol. The van der Waals surface area contributed by atoms with E-state index in [1.807, 2.05) is 19.1 Å².